The van der Waals surface area contributed by atoms with E-state index >= 15 is 0 Å². The molecule has 1 aliphatic heterocycles. The van der Waals surface area contributed by atoms with Gasteiger partial charge in [-0.3, -0.25) is 14.7 Å². The van der Waals surface area contributed by atoms with Crippen molar-refractivity contribution in [1.82, 2.24) is 29.2 Å². The van der Waals surface area contributed by atoms with Crippen LogP contribution in [0.15, 0.2) is 59.8 Å². The van der Waals surface area contributed by atoms with Crippen molar-refractivity contribution < 1.29 is 22.7 Å². The highest BCUT2D eigenvalue weighted by Crippen LogP contribution is 2.33. The number of aromatic amines is 1. The third-order valence-corrected chi connectivity index (χ3v) is 5.91. The minimum absolute atomic E-state index is 0.101. The third-order valence-electron chi connectivity index (χ3n) is 5.91. The molecule has 0 bridgehead atoms. The molecule has 36 heavy (non-hydrogen) atoms. The molecule has 186 valence electrons. The molecule has 1 N–H and O–H groups in total. The zero-order valence-corrected chi connectivity index (χ0v) is 19.1. The number of H-pyrrole nitrogens is 1. The van der Waals surface area contributed by atoms with Gasteiger partial charge < -0.3 is 18.8 Å². The number of hydrogen-bond acceptors (Lipinski definition) is 5. The predicted octanol–water partition coefficient (Wildman–Crippen LogP) is 3.29. The SMILES string of the molecule is Cc1cn(-c2ccc3n(c2=O)CCN(CCOc2ccccc2-c2cc(C(F)(F)F)[nH]n2)C3=O)cn1. The number of nitrogens with one attached hydrogen (secondary N) is 1. The highest BCUT2D eigenvalue weighted by Gasteiger charge is 2.33. The molecule has 4 heterocycles. The summed E-state index contributed by atoms with van der Waals surface area (Å²) in [5.41, 5.74) is 0.731. The number of rotatable bonds is 6. The summed E-state index contributed by atoms with van der Waals surface area (Å²) < 4.78 is 47.7. The number of aryl methyl sites for hydroxylation is 1. The molecule has 1 aromatic carbocycles. The lowest BCUT2D eigenvalue weighted by Gasteiger charge is -2.29. The molecule has 0 atom stereocenters. The molecule has 0 radical (unpaired) electrons. The van der Waals surface area contributed by atoms with E-state index in [0.29, 0.717) is 30.1 Å². The number of para-hydroxylation sites is 1. The number of benzene rings is 1. The predicted molar refractivity (Wildman–Crippen MR) is 123 cm³/mol. The number of carbonyl (C=O) groups is 1. The fourth-order valence-corrected chi connectivity index (χ4v) is 4.10. The fourth-order valence-electron chi connectivity index (χ4n) is 4.10. The number of imidazole rings is 1. The van der Waals surface area contributed by atoms with Crippen LogP contribution in [-0.2, 0) is 12.7 Å². The Bertz CT molecular complexity index is 1490. The fraction of sp³-hybridized carbons (Fsp3) is 0.250. The largest absolute Gasteiger partial charge is 0.491 e. The van der Waals surface area contributed by atoms with E-state index in [1.165, 1.54) is 4.57 Å². The molecular formula is C24H21F3N6O3. The third kappa shape index (κ3) is 4.37. The second-order valence-electron chi connectivity index (χ2n) is 8.28. The summed E-state index contributed by atoms with van der Waals surface area (Å²) in [6.45, 7) is 2.81. The Hall–Kier alpha value is -4.35. The van der Waals surface area contributed by atoms with Crippen LogP contribution in [0.2, 0.25) is 0 Å². The van der Waals surface area contributed by atoms with Crippen LogP contribution in [0.4, 0.5) is 13.2 Å². The van der Waals surface area contributed by atoms with Gasteiger partial charge in [0.15, 0.2) is 0 Å². The molecule has 5 rings (SSSR count). The summed E-state index contributed by atoms with van der Waals surface area (Å²) in [7, 11) is 0. The molecular weight excluding hydrogens is 477 g/mol. The number of pyridine rings is 1. The van der Waals surface area contributed by atoms with Gasteiger partial charge in [0, 0.05) is 24.8 Å². The number of ether oxygens (including phenoxy) is 1. The first-order valence-corrected chi connectivity index (χ1v) is 11.1. The van der Waals surface area contributed by atoms with Gasteiger partial charge in [-0.2, -0.15) is 18.3 Å². The van der Waals surface area contributed by atoms with Crippen LogP contribution < -0.4 is 10.3 Å². The lowest BCUT2D eigenvalue weighted by atomic mass is 10.1. The molecule has 9 nitrogen and oxygen atoms in total. The number of alkyl halides is 3. The first-order valence-electron chi connectivity index (χ1n) is 11.1. The second kappa shape index (κ2) is 9.02. The Balaban J connectivity index is 1.28. The maximum Gasteiger partial charge on any atom is 0.432 e. The number of carbonyl (C=O) groups excluding carboxylic acids is 1. The zero-order valence-electron chi connectivity index (χ0n) is 19.1. The average molecular weight is 498 g/mol. The standard InChI is InChI=1S/C24H21F3N6O3/c1-15-13-32(14-28-15)18-6-7-19-22(34)31(8-9-33(19)23(18)35)10-11-36-20-5-3-2-4-16(20)17-12-21(30-29-17)24(25,26)27/h2-7,12-14H,8-11H2,1H3,(H,29,30). The quantitative estimate of drug-likeness (QED) is 0.440. The number of halogens is 3. The molecule has 0 spiro atoms. The molecule has 12 heteroatoms. The molecule has 1 aliphatic rings. The number of fused-ring (bicyclic) bond motifs is 1. The highest BCUT2D eigenvalue weighted by molar-refractivity contribution is 5.93. The van der Waals surface area contributed by atoms with Crippen LogP contribution in [0.25, 0.3) is 16.9 Å². The Kier molecular flexibility index (Phi) is 5.86. The molecule has 0 saturated heterocycles. The van der Waals surface area contributed by atoms with Gasteiger partial charge in [-0.05, 0) is 37.3 Å². The van der Waals surface area contributed by atoms with E-state index in [1.54, 1.807) is 58.4 Å². The van der Waals surface area contributed by atoms with Gasteiger partial charge in [0.1, 0.15) is 29.4 Å². The summed E-state index contributed by atoms with van der Waals surface area (Å²) in [5, 5.41) is 5.76. The van der Waals surface area contributed by atoms with Crippen LogP contribution in [0.3, 0.4) is 0 Å². The number of hydrogen-bond donors (Lipinski definition) is 1. The van der Waals surface area contributed by atoms with Gasteiger partial charge in [0.05, 0.1) is 24.3 Å². The van der Waals surface area contributed by atoms with Gasteiger partial charge in [0.25, 0.3) is 11.5 Å². The first-order chi connectivity index (χ1) is 17.2. The van der Waals surface area contributed by atoms with Crippen LogP contribution >= 0.6 is 0 Å². The molecule has 4 aromatic rings. The van der Waals surface area contributed by atoms with Crippen LogP contribution in [0, 0.1) is 6.92 Å². The number of nitrogens with zero attached hydrogens (tertiary/aromatic N) is 5. The smallest absolute Gasteiger partial charge is 0.432 e. The molecule has 0 unspecified atom stereocenters. The summed E-state index contributed by atoms with van der Waals surface area (Å²) in [6, 6.07) is 10.7. The lowest BCUT2D eigenvalue weighted by Crippen LogP contribution is -2.46. The number of amides is 1. The Morgan fingerprint density at radius 2 is 1.92 bits per heavy atom. The second-order valence-corrected chi connectivity index (χ2v) is 8.28. The Morgan fingerprint density at radius 3 is 2.64 bits per heavy atom. The lowest BCUT2D eigenvalue weighted by molar-refractivity contribution is -0.141. The van der Waals surface area contributed by atoms with Gasteiger partial charge in [-0.15, -0.1) is 0 Å². The van der Waals surface area contributed by atoms with Gasteiger partial charge in [-0.1, -0.05) is 12.1 Å². The molecule has 0 aliphatic carbocycles. The van der Waals surface area contributed by atoms with Gasteiger partial charge >= 0.3 is 6.18 Å². The van der Waals surface area contributed by atoms with Crippen molar-refractivity contribution in [1.29, 1.82) is 0 Å². The van der Waals surface area contributed by atoms with Crippen LogP contribution in [-0.4, -0.2) is 54.8 Å². The van der Waals surface area contributed by atoms with Crippen LogP contribution in [0.5, 0.6) is 5.75 Å². The molecule has 0 fully saturated rings. The van der Waals surface area contributed by atoms with E-state index in [4.69, 9.17) is 4.74 Å². The van der Waals surface area contributed by atoms with Crippen molar-refractivity contribution in [2.75, 3.05) is 19.7 Å². The van der Waals surface area contributed by atoms with Gasteiger partial charge in [-0.25, -0.2) is 4.98 Å². The summed E-state index contributed by atoms with van der Waals surface area (Å²) in [4.78, 5) is 31.7. The summed E-state index contributed by atoms with van der Waals surface area (Å²) in [5.74, 6) is 0.0461. The summed E-state index contributed by atoms with van der Waals surface area (Å²) >= 11 is 0. The van der Waals surface area contributed by atoms with E-state index in [9.17, 15) is 22.8 Å². The van der Waals surface area contributed by atoms with Crippen molar-refractivity contribution in [3.8, 4) is 22.7 Å². The van der Waals surface area contributed by atoms with Crippen molar-refractivity contribution in [3.05, 3.63) is 82.4 Å². The summed E-state index contributed by atoms with van der Waals surface area (Å²) in [6.07, 6.45) is -1.24. The number of aromatic nitrogens is 5. The van der Waals surface area contributed by atoms with Crippen molar-refractivity contribution >= 4 is 5.91 Å². The zero-order chi connectivity index (χ0) is 25.4. The van der Waals surface area contributed by atoms with E-state index in [1.807, 2.05) is 12.0 Å². The van der Waals surface area contributed by atoms with E-state index in [2.05, 4.69) is 10.1 Å². The molecule has 1 amide bonds. The van der Waals surface area contributed by atoms with Crippen molar-refractivity contribution in [2.45, 2.75) is 19.6 Å². The van der Waals surface area contributed by atoms with Crippen molar-refractivity contribution in [2.24, 2.45) is 0 Å². The Labute approximate surface area is 202 Å². The normalized spacial score (nSPS) is 13.7. The molecule has 3 aromatic heterocycles. The van der Waals surface area contributed by atoms with E-state index in [-0.39, 0.29) is 36.0 Å². The van der Waals surface area contributed by atoms with E-state index in [0.717, 1.165) is 11.8 Å². The maximum absolute atomic E-state index is 13.0. The maximum atomic E-state index is 13.0. The minimum atomic E-state index is -4.54. The molecule has 0 saturated carbocycles. The van der Waals surface area contributed by atoms with Crippen molar-refractivity contribution in [3.63, 3.8) is 0 Å². The first kappa shape index (κ1) is 23.4. The van der Waals surface area contributed by atoms with E-state index < -0.39 is 11.9 Å². The van der Waals surface area contributed by atoms with Gasteiger partial charge in [0.2, 0.25) is 0 Å². The topological polar surface area (TPSA) is 98.0 Å². The monoisotopic (exact) mass is 498 g/mol. The minimum Gasteiger partial charge on any atom is -0.491 e. The Morgan fingerprint density at radius 1 is 1.11 bits per heavy atom. The van der Waals surface area contributed by atoms with Crippen LogP contribution in [0.1, 0.15) is 21.9 Å². The average Bonchev–Trinajstić information content (AvgIpc) is 3.51. The highest BCUT2D eigenvalue weighted by atomic mass is 19.4.